The van der Waals surface area contributed by atoms with Crippen LogP contribution in [0.5, 0.6) is 0 Å². The average Bonchev–Trinajstić information content (AvgIpc) is 2.68. The molecule has 0 bridgehead atoms. The Morgan fingerprint density at radius 3 is 2.41 bits per heavy atom. The van der Waals surface area contributed by atoms with Gasteiger partial charge in [-0.3, -0.25) is 9.59 Å². The zero-order chi connectivity index (χ0) is 19.6. The molecule has 0 aliphatic rings. The molecule has 1 N–H and O–H groups in total. The van der Waals surface area contributed by atoms with Crippen molar-refractivity contribution >= 4 is 27.7 Å². The molecule has 0 saturated heterocycles. The van der Waals surface area contributed by atoms with Crippen molar-refractivity contribution in [3.05, 3.63) is 82.3 Å². The van der Waals surface area contributed by atoms with Gasteiger partial charge in [0.25, 0.3) is 5.91 Å². The minimum absolute atomic E-state index is 0.0737. The number of amides is 2. The number of hydrogen-bond donors (Lipinski definition) is 1. The smallest absolute Gasteiger partial charge is 0.251 e. The Labute approximate surface area is 167 Å². The van der Waals surface area contributed by atoms with Crippen molar-refractivity contribution in [1.29, 1.82) is 5.26 Å². The Kier molecular flexibility index (Phi) is 7.78. The van der Waals surface area contributed by atoms with Gasteiger partial charge in [0.2, 0.25) is 5.91 Å². The number of halogens is 1. The number of rotatable bonds is 8. The van der Waals surface area contributed by atoms with Crippen molar-refractivity contribution in [3.63, 3.8) is 0 Å². The summed E-state index contributed by atoms with van der Waals surface area (Å²) in [7, 11) is 0. The summed E-state index contributed by atoms with van der Waals surface area (Å²) < 4.78 is 0.900. The lowest BCUT2D eigenvalue weighted by molar-refractivity contribution is -0.131. The van der Waals surface area contributed by atoms with Crippen LogP contribution in [0.15, 0.2) is 65.7 Å². The topological polar surface area (TPSA) is 73.2 Å². The molecule has 138 valence electrons. The summed E-state index contributed by atoms with van der Waals surface area (Å²) in [6, 6.07) is 16.2. The van der Waals surface area contributed by atoms with E-state index in [0.29, 0.717) is 24.2 Å². The van der Waals surface area contributed by atoms with Gasteiger partial charge in [-0.15, -0.1) is 6.58 Å². The van der Waals surface area contributed by atoms with Gasteiger partial charge in [-0.25, -0.2) is 0 Å². The van der Waals surface area contributed by atoms with Gasteiger partial charge in [0, 0.05) is 36.1 Å². The van der Waals surface area contributed by atoms with E-state index >= 15 is 0 Å². The number of carbonyl (C=O) groups is 2. The molecule has 0 fully saturated rings. The second kappa shape index (κ2) is 10.3. The first-order valence-corrected chi connectivity index (χ1v) is 9.24. The summed E-state index contributed by atoms with van der Waals surface area (Å²) in [4.78, 5) is 26.2. The molecular weight excluding hydrogens is 406 g/mol. The molecule has 0 unspecified atom stereocenters. The molecule has 2 amide bonds. The first kappa shape index (κ1) is 20.4. The van der Waals surface area contributed by atoms with Gasteiger partial charge < -0.3 is 10.2 Å². The van der Waals surface area contributed by atoms with E-state index in [-0.39, 0.29) is 24.8 Å². The number of nitrogens with zero attached hydrogens (tertiary/aromatic N) is 2. The van der Waals surface area contributed by atoms with Crippen molar-refractivity contribution in [2.24, 2.45) is 0 Å². The van der Waals surface area contributed by atoms with Crippen LogP contribution in [0, 0.1) is 11.3 Å². The van der Waals surface area contributed by atoms with Gasteiger partial charge >= 0.3 is 0 Å². The van der Waals surface area contributed by atoms with E-state index in [1.54, 1.807) is 47.4 Å². The third kappa shape index (κ3) is 6.39. The molecule has 6 heteroatoms. The third-order valence-corrected chi connectivity index (χ3v) is 4.42. The van der Waals surface area contributed by atoms with Gasteiger partial charge in [-0.05, 0) is 42.0 Å². The molecule has 0 saturated carbocycles. The number of nitriles is 1. The predicted octanol–water partition coefficient (Wildman–Crippen LogP) is 3.66. The fraction of sp³-hybridized carbons (Fsp3) is 0.190. The van der Waals surface area contributed by atoms with Crippen molar-refractivity contribution in [1.82, 2.24) is 10.2 Å². The lowest BCUT2D eigenvalue weighted by atomic mass is 10.1. The van der Waals surface area contributed by atoms with Gasteiger partial charge in [-0.2, -0.15) is 5.26 Å². The number of nitrogens with one attached hydrogen (secondary N) is 1. The second-order valence-electron chi connectivity index (χ2n) is 5.88. The first-order chi connectivity index (χ1) is 13.0. The standard InChI is InChI=1S/C21H20BrN3O2/c1-2-13-25(15-17-5-3-16(14-23)4-6-17)20(26)11-12-24-21(27)18-7-9-19(22)10-8-18/h2-10H,1,11-13,15H2,(H,24,27). The van der Waals surface area contributed by atoms with E-state index in [4.69, 9.17) is 5.26 Å². The first-order valence-electron chi connectivity index (χ1n) is 8.45. The monoisotopic (exact) mass is 425 g/mol. The maximum Gasteiger partial charge on any atom is 0.251 e. The van der Waals surface area contributed by atoms with E-state index < -0.39 is 0 Å². The van der Waals surface area contributed by atoms with E-state index in [9.17, 15) is 9.59 Å². The minimum atomic E-state index is -0.210. The fourth-order valence-electron chi connectivity index (χ4n) is 2.46. The molecule has 0 aliphatic heterocycles. The molecule has 0 radical (unpaired) electrons. The highest BCUT2D eigenvalue weighted by atomic mass is 79.9. The second-order valence-corrected chi connectivity index (χ2v) is 6.80. The summed E-state index contributed by atoms with van der Waals surface area (Å²) in [6.07, 6.45) is 1.87. The summed E-state index contributed by atoms with van der Waals surface area (Å²) in [5, 5.41) is 11.6. The molecule has 0 atom stereocenters. The van der Waals surface area contributed by atoms with Crippen molar-refractivity contribution in [3.8, 4) is 6.07 Å². The van der Waals surface area contributed by atoms with Crippen LogP contribution in [0.1, 0.15) is 27.9 Å². The molecule has 0 aliphatic carbocycles. The van der Waals surface area contributed by atoms with E-state index in [1.165, 1.54) is 0 Å². The Morgan fingerprint density at radius 1 is 1.15 bits per heavy atom. The Hall–Kier alpha value is -2.91. The largest absolute Gasteiger partial charge is 0.352 e. The summed E-state index contributed by atoms with van der Waals surface area (Å²) in [5.74, 6) is -0.284. The van der Waals surface area contributed by atoms with Crippen LogP contribution < -0.4 is 5.32 Å². The Balaban J connectivity index is 1.88. The van der Waals surface area contributed by atoms with Crippen LogP contribution in [0.3, 0.4) is 0 Å². The van der Waals surface area contributed by atoms with Crippen molar-refractivity contribution < 1.29 is 9.59 Å². The highest BCUT2D eigenvalue weighted by molar-refractivity contribution is 9.10. The highest BCUT2D eigenvalue weighted by Crippen LogP contribution is 2.11. The van der Waals surface area contributed by atoms with Gasteiger partial charge in [0.1, 0.15) is 0 Å². The van der Waals surface area contributed by atoms with Crippen LogP contribution in [0.25, 0.3) is 0 Å². The maximum absolute atomic E-state index is 12.5. The maximum atomic E-state index is 12.5. The molecule has 0 spiro atoms. The normalized spacial score (nSPS) is 9.93. The molecule has 0 heterocycles. The molecule has 27 heavy (non-hydrogen) atoms. The van der Waals surface area contributed by atoms with Crippen LogP contribution in [-0.2, 0) is 11.3 Å². The zero-order valence-corrected chi connectivity index (χ0v) is 16.4. The lowest BCUT2D eigenvalue weighted by Crippen LogP contribution is -2.34. The Bertz CT molecular complexity index is 839. The quantitative estimate of drug-likeness (QED) is 0.655. The molecular formula is C21H20BrN3O2. The zero-order valence-electron chi connectivity index (χ0n) is 14.8. The SMILES string of the molecule is C=CCN(Cc1ccc(C#N)cc1)C(=O)CCNC(=O)c1ccc(Br)cc1. The molecule has 5 nitrogen and oxygen atoms in total. The van der Waals surface area contributed by atoms with E-state index in [0.717, 1.165) is 10.0 Å². The molecule has 2 aromatic rings. The van der Waals surface area contributed by atoms with Crippen LogP contribution >= 0.6 is 15.9 Å². The summed E-state index contributed by atoms with van der Waals surface area (Å²) >= 11 is 3.33. The van der Waals surface area contributed by atoms with Crippen LogP contribution in [0.2, 0.25) is 0 Å². The highest BCUT2D eigenvalue weighted by Gasteiger charge is 2.13. The number of hydrogen-bond acceptors (Lipinski definition) is 3. The fourth-order valence-corrected chi connectivity index (χ4v) is 2.72. The average molecular weight is 426 g/mol. The molecule has 0 aromatic heterocycles. The van der Waals surface area contributed by atoms with E-state index in [1.807, 2.05) is 12.1 Å². The van der Waals surface area contributed by atoms with Crippen LogP contribution in [0.4, 0.5) is 0 Å². The lowest BCUT2D eigenvalue weighted by Gasteiger charge is -2.21. The van der Waals surface area contributed by atoms with Gasteiger partial charge in [0.05, 0.1) is 11.6 Å². The summed E-state index contributed by atoms with van der Waals surface area (Å²) in [6.45, 7) is 4.80. The predicted molar refractivity (Wildman–Crippen MR) is 108 cm³/mol. The Morgan fingerprint density at radius 2 is 1.81 bits per heavy atom. The molecule has 2 aromatic carbocycles. The third-order valence-electron chi connectivity index (χ3n) is 3.89. The number of carbonyl (C=O) groups excluding carboxylic acids is 2. The van der Waals surface area contributed by atoms with Gasteiger partial charge in [-0.1, -0.05) is 34.1 Å². The summed E-state index contributed by atoms with van der Waals surface area (Å²) in [5.41, 5.74) is 2.06. The molecule has 2 rings (SSSR count). The van der Waals surface area contributed by atoms with Crippen molar-refractivity contribution in [2.75, 3.05) is 13.1 Å². The van der Waals surface area contributed by atoms with Gasteiger partial charge in [0.15, 0.2) is 0 Å². The minimum Gasteiger partial charge on any atom is -0.352 e. The van der Waals surface area contributed by atoms with E-state index in [2.05, 4.69) is 33.9 Å². The number of benzene rings is 2. The van der Waals surface area contributed by atoms with Crippen molar-refractivity contribution in [2.45, 2.75) is 13.0 Å². The van der Waals surface area contributed by atoms with Crippen LogP contribution in [-0.4, -0.2) is 29.8 Å².